The van der Waals surface area contributed by atoms with E-state index >= 15 is 0 Å². The quantitative estimate of drug-likeness (QED) is 0.811. The minimum Gasteiger partial charge on any atom is -0.340 e. The van der Waals surface area contributed by atoms with Crippen LogP contribution < -0.4 is 10.2 Å². The van der Waals surface area contributed by atoms with E-state index in [9.17, 15) is 0 Å². The van der Waals surface area contributed by atoms with Gasteiger partial charge >= 0.3 is 0 Å². The number of nitrogens with one attached hydrogen (secondary N) is 1. The van der Waals surface area contributed by atoms with E-state index in [-0.39, 0.29) is 0 Å². The lowest BCUT2D eigenvalue weighted by Gasteiger charge is -2.35. The van der Waals surface area contributed by atoms with Crippen LogP contribution in [0, 0.1) is 6.92 Å². The van der Waals surface area contributed by atoms with Crippen LogP contribution in [0.4, 0.5) is 17.5 Å². The highest BCUT2D eigenvalue weighted by Crippen LogP contribution is 2.26. The van der Waals surface area contributed by atoms with Crippen molar-refractivity contribution >= 4 is 33.4 Å². The second-order valence-corrected chi connectivity index (χ2v) is 7.00. The number of hydrogen-bond acceptors (Lipinski definition) is 4. The lowest BCUT2D eigenvalue weighted by Crippen LogP contribution is -2.40. The summed E-state index contributed by atoms with van der Waals surface area (Å²) in [7, 11) is 0. The maximum Gasteiger partial charge on any atom is 0.227 e. The third-order valence-corrected chi connectivity index (χ3v) is 4.79. The first-order valence-corrected chi connectivity index (χ1v) is 9.10. The van der Waals surface area contributed by atoms with Crippen LogP contribution in [-0.2, 0) is 0 Å². The maximum absolute atomic E-state index is 4.77. The Kier molecular flexibility index (Phi) is 5.16. The molecule has 1 aromatic carbocycles. The van der Waals surface area contributed by atoms with Gasteiger partial charge in [0.15, 0.2) is 0 Å². The summed E-state index contributed by atoms with van der Waals surface area (Å²) in [4.78, 5) is 11.8. The second-order valence-electron chi connectivity index (χ2n) is 6.08. The molecule has 2 aromatic rings. The molecule has 1 aromatic heterocycles. The molecule has 1 N–H and O–H groups in total. The maximum atomic E-state index is 4.77. The van der Waals surface area contributed by atoms with Gasteiger partial charge in [-0.05, 0) is 50.8 Å². The standard InChI is InChI=1S/C18H23BrN4/c1-3-16-9-4-5-10-23(16)18-20-13(2)11-17(22-18)21-15-8-6-7-14(19)12-15/h6-8,11-12,16H,3-5,9-10H2,1-2H3,(H,20,21,22). The van der Waals surface area contributed by atoms with Crippen molar-refractivity contribution < 1.29 is 0 Å². The van der Waals surface area contributed by atoms with Crippen LogP contribution in [0.15, 0.2) is 34.8 Å². The van der Waals surface area contributed by atoms with Crippen LogP contribution in [0.25, 0.3) is 0 Å². The molecule has 4 nitrogen and oxygen atoms in total. The Balaban J connectivity index is 1.86. The van der Waals surface area contributed by atoms with Gasteiger partial charge in [0.05, 0.1) is 0 Å². The van der Waals surface area contributed by atoms with Gasteiger partial charge in [0.1, 0.15) is 5.82 Å². The SMILES string of the molecule is CCC1CCCCN1c1nc(C)cc(Nc2cccc(Br)c2)n1. The summed E-state index contributed by atoms with van der Waals surface area (Å²) in [5, 5.41) is 3.39. The molecular weight excluding hydrogens is 352 g/mol. The Morgan fingerprint density at radius 2 is 2.13 bits per heavy atom. The first-order chi connectivity index (χ1) is 11.2. The monoisotopic (exact) mass is 374 g/mol. The summed E-state index contributed by atoms with van der Waals surface area (Å²) >= 11 is 3.50. The average molecular weight is 375 g/mol. The third-order valence-electron chi connectivity index (χ3n) is 4.29. The molecule has 0 amide bonds. The van der Waals surface area contributed by atoms with E-state index in [2.05, 4.69) is 38.1 Å². The van der Waals surface area contributed by atoms with Crippen LogP contribution in [-0.4, -0.2) is 22.6 Å². The largest absolute Gasteiger partial charge is 0.340 e. The van der Waals surface area contributed by atoms with E-state index < -0.39 is 0 Å². The summed E-state index contributed by atoms with van der Waals surface area (Å²) in [5.41, 5.74) is 2.02. The van der Waals surface area contributed by atoms with Crippen LogP contribution in [0.1, 0.15) is 38.3 Å². The van der Waals surface area contributed by atoms with Crippen molar-refractivity contribution in [3.05, 3.63) is 40.5 Å². The second kappa shape index (κ2) is 7.30. The van der Waals surface area contributed by atoms with Gasteiger partial charge in [-0.2, -0.15) is 4.98 Å². The highest BCUT2D eigenvalue weighted by Gasteiger charge is 2.23. The van der Waals surface area contributed by atoms with E-state index in [0.717, 1.165) is 40.6 Å². The first-order valence-electron chi connectivity index (χ1n) is 8.30. The number of benzene rings is 1. The Morgan fingerprint density at radius 3 is 2.91 bits per heavy atom. The highest BCUT2D eigenvalue weighted by atomic mass is 79.9. The molecular formula is C18H23BrN4. The predicted octanol–water partition coefficient (Wildman–Crippen LogP) is 5.06. The zero-order chi connectivity index (χ0) is 16.2. The van der Waals surface area contributed by atoms with E-state index in [1.807, 2.05) is 37.3 Å². The molecule has 1 aliphatic heterocycles. The Bertz CT molecular complexity index is 674. The molecule has 0 aliphatic carbocycles. The van der Waals surface area contributed by atoms with Crippen LogP contribution in [0.2, 0.25) is 0 Å². The molecule has 1 unspecified atom stereocenters. The first kappa shape index (κ1) is 16.2. The third kappa shape index (κ3) is 4.02. The van der Waals surface area contributed by atoms with Crippen molar-refractivity contribution in [3.63, 3.8) is 0 Å². The summed E-state index contributed by atoms with van der Waals surface area (Å²) in [5.74, 6) is 1.71. The van der Waals surface area contributed by atoms with E-state index in [0.29, 0.717) is 6.04 Å². The minimum atomic E-state index is 0.560. The zero-order valence-corrected chi connectivity index (χ0v) is 15.3. The molecule has 1 aliphatic rings. The van der Waals surface area contributed by atoms with Crippen molar-refractivity contribution in [2.45, 2.75) is 45.6 Å². The summed E-state index contributed by atoms with van der Waals surface area (Å²) in [6, 6.07) is 10.7. The molecule has 0 bridgehead atoms. The van der Waals surface area contributed by atoms with Crippen molar-refractivity contribution in [3.8, 4) is 0 Å². The number of piperidine rings is 1. The van der Waals surface area contributed by atoms with Gasteiger partial charge in [-0.25, -0.2) is 4.98 Å². The van der Waals surface area contributed by atoms with Gasteiger partial charge in [-0.1, -0.05) is 28.9 Å². The van der Waals surface area contributed by atoms with Crippen molar-refractivity contribution in [2.75, 3.05) is 16.8 Å². The normalized spacial score (nSPS) is 18.0. The number of anilines is 3. The molecule has 1 atom stereocenters. The van der Waals surface area contributed by atoms with E-state index in [1.165, 1.54) is 19.3 Å². The molecule has 0 radical (unpaired) electrons. The van der Waals surface area contributed by atoms with E-state index in [1.54, 1.807) is 0 Å². The van der Waals surface area contributed by atoms with Crippen molar-refractivity contribution in [2.24, 2.45) is 0 Å². The number of halogens is 1. The Morgan fingerprint density at radius 1 is 1.26 bits per heavy atom. The molecule has 0 saturated carbocycles. The van der Waals surface area contributed by atoms with E-state index in [4.69, 9.17) is 4.98 Å². The number of rotatable bonds is 4. The van der Waals surface area contributed by atoms with Crippen LogP contribution in [0.5, 0.6) is 0 Å². The van der Waals surface area contributed by atoms with Gasteiger partial charge in [0.25, 0.3) is 0 Å². The van der Waals surface area contributed by atoms with Gasteiger partial charge < -0.3 is 10.2 Å². The fourth-order valence-corrected chi connectivity index (χ4v) is 3.55. The van der Waals surface area contributed by atoms with Crippen LogP contribution >= 0.6 is 15.9 Å². The predicted molar refractivity (Wildman–Crippen MR) is 99.5 cm³/mol. The molecule has 5 heteroatoms. The van der Waals surface area contributed by atoms with Gasteiger partial charge in [-0.3, -0.25) is 0 Å². The number of aryl methyl sites for hydroxylation is 1. The molecule has 0 spiro atoms. The summed E-state index contributed by atoms with van der Waals surface area (Å²) < 4.78 is 1.05. The van der Waals surface area contributed by atoms with Crippen LogP contribution in [0.3, 0.4) is 0 Å². The fourth-order valence-electron chi connectivity index (χ4n) is 3.15. The minimum absolute atomic E-state index is 0.560. The molecule has 23 heavy (non-hydrogen) atoms. The summed E-state index contributed by atoms with van der Waals surface area (Å²) in [6.07, 6.45) is 4.92. The Labute approximate surface area is 146 Å². The average Bonchev–Trinajstić information content (AvgIpc) is 2.54. The molecule has 2 heterocycles. The molecule has 1 fully saturated rings. The lowest BCUT2D eigenvalue weighted by atomic mass is 10.0. The Hall–Kier alpha value is -1.62. The lowest BCUT2D eigenvalue weighted by molar-refractivity contribution is 0.443. The van der Waals surface area contributed by atoms with Crippen molar-refractivity contribution in [1.29, 1.82) is 0 Å². The fraction of sp³-hybridized carbons (Fsp3) is 0.444. The molecule has 122 valence electrons. The van der Waals surface area contributed by atoms with Crippen molar-refractivity contribution in [1.82, 2.24) is 9.97 Å². The summed E-state index contributed by atoms with van der Waals surface area (Å²) in [6.45, 7) is 5.33. The highest BCUT2D eigenvalue weighted by molar-refractivity contribution is 9.10. The number of hydrogen-bond donors (Lipinski definition) is 1. The zero-order valence-electron chi connectivity index (χ0n) is 13.7. The van der Waals surface area contributed by atoms with Gasteiger partial charge in [0.2, 0.25) is 5.95 Å². The molecule has 1 saturated heterocycles. The topological polar surface area (TPSA) is 41.1 Å². The smallest absolute Gasteiger partial charge is 0.227 e. The van der Waals surface area contributed by atoms with Gasteiger partial charge in [-0.15, -0.1) is 0 Å². The number of nitrogens with zero attached hydrogens (tertiary/aromatic N) is 3. The van der Waals surface area contributed by atoms with Gasteiger partial charge in [0, 0.05) is 34.5 Å². The molecule has 3 rings (SSSR count). The number of aromatic nitrogens is 2.